The first-order valence-corrected chi connectivity index (χ1v) is 7.45. The highest BCUT2D eigenvalue weighted by molar-refractivity contribution is 7.89. The van der Waals surface area contributed by atoms with Crippen LogP contribution in [0.4, 0.5) is 11.4 Å². The van der Waals surface area contributed by atoms with Gasteiger partial charge in [0.1, 0.15) is 0 Å². The van der Waals surface area contributed by atoms with Crippen molar-refractivity contribution in [2.45, 2.75) is 24.7 Å². The van der Waals surface area contributed by atoms with Gasteiger partial charge >= 0.3 is 0 Å². The second-order valence-corrected chi connectivity index (χ2v) is 6.09. The quantitative estimate of drug-likeness (QED) is 0.767. The van der Waals surface area contributed by atoms with Crippen LogP contribution in [0.5, 0.6) is 0 Å². The maximum Gasteiger partial charge on any atom is 0.240 e. The number of anilines is 2. The number of unbranched alkanes of at least 4 members (excludes halogenated alkanes) is 1. The third kappa shape index (κ3) is 3.36. The number of sulfonamides is 1. The maximum atomic E-state index is 11.7. The van der Waals surface area contributed by atoms with Crippen LogP contribution in [0.3, 0.4) is 0 Å². The third-order valence-electron chi connectivity index (χ3n) is 2.84. The van der Waals surface area contributed by atoms with E-state index in [0.29, 0.717) is 5.69 Å². The minimum atomic E-state index is -3.42. The monoisotopic (exact) mass is 271 g/mol. The molecule has 0 aromatic heterocycles. The highest BCUT2D eigenvalue weighted by Crippen LogP contribution is 2.25. The molecule has 18 heavy (non-hydrogen) atoms. The van der Waals surface area contributed by atoms with Crippen molar-refractivity contribution in [3.8, 4) is 0 Å². The molecule has 0 fully saturated rings. The highest BCUT2D eigenvalue weighted by Gasteiger charge is 2.14. The molecular formula is C12H21N3O2S. The van der Waals surface area contributed by atoms with Crippen molar-refractivity contribution >= 4 is 21.4 Å². The van der Waals surface area contributed by atoms with Crippen molar-refractivity contribution < 1.29 is 8.42 Å². The standard InChI is InChI=1S/C12H21N3O2S/c1-4-5-8-15(3)12-9-10(6-7-11(12)13)18(16,17)14-2/h6-7,9,14H,4-5,8,13H2,1-3H3. The van der Waals surface area contributed by atoms with Crippen molar-refractivity contribution in [1.82, 2.24) is 4.72 Å². The molecule has 0 spiro atoms. The molecule has 1 aromatic carbocycles. The molecule has 0 saturated heterocycles. The van der Waals surface area contributed by atoms with Gasteiger partial charge < -0.3 is 10.6 Å². The molecule has 0 aliphatic carbocycles. The van der Waals surface area contributed by atoms with Gasteiger partial charge in [-0.3, -0.25) is 0 Å². The van der Waals surface area contributed by atoms with Crippen molar-refractivity contribution in [3.63, 3.8) is 0 Å². The van der Waals surface area contributed by atoms with E-state index in [0.717, 1.165) is 25.1 Å². The van der Waals surface area contributed by atoms with Gasteiger partial charge in [-0.15, -0.1) is 0 Å². The van der Waals surface area contributed by atoms with E-state index in [9.17, 15) is 8.42 Å². The maximum absolute atomic E-state index is 11.7. The molecule has 0 atom stereocenters. The lowest BCUT2D eigenvalue weighted by atomic mass is 10.2. The summed E-state index contributed by atoms with van der Waals surface area (Å²) < 4.78 is 25.8. The van der Waals surface area contributed by atoms with Gasteiger partial charge in [0.2, 0.25) is 10.0 Å². The highest BCUT2D eigenvalue weighted by atomic mass is 32.2. The van der Waals surface area contributed by atoms with Crippen LogP contribution < -0.4 is 15.4 Å². The van der Waals surface area contributed by atoms with Crippen LogP contribution in [0.1, 0.15) is 19.8 Å². The zero-order chi connectivity index (χ0) is 13.8. The van der Waals surface area contributed by atoms with Crippen molar-refractivity contribution in [2.75, 3.05) is 31.3 Å². The van der Waals surface area contributed by atoms with Crippen LogP contribution in [-0.2, 0) is 10.0 Å². The number of rotatable bonds is 6. The normalized spacial score (nSPS) is 11.5. The molecule has 0 aliphatic heterocycles. The van der Waals surface area contributed by atoms with E-state index >= 15 is 0 Å². The first kappa shape index (κ1) is 14.8. The summed E-state index contributed by atoms with van der Waals surface area (Å²) in [6.45, 7) is 2.96. The lowest BCUT2D eigenvalue weighted by molar-refractivity contribution is 0.588. The zero-order valence-electron chi connectivity index (χ0n) is 11.1. The molecule has 102 valence electrons. The largest absolute Gasteiger partial charge is 0.397 e. The second kappa shape index (κ2) is 6.06. The van der Waals surface area contributed by atoms with Gasteiger partial charge in [0.05, 0.1) is 16.3 Å². The van der Waals surface area contributed by atoms with Crippen LogP contribution in [0.15, 0.2) is 23.1 Å². The fourth-order valence-electron chi connectivity index (χ4n) is 1.65. The van der Waals surface area contributed by atoms with Crippen molar-refractivity contribution in [1.29, 1.82) is 0 Å². The summed E-state index contributed by atoms with van der Waals surface area (Å²) >= 11 is 0. The smallest absolute Gasteiger partial charge is 0.240 e. The minimum Gasteiger partial charge on any atom is -0.397 e. The molecule has 1 rings (SSSR count). The number of hydrogen-bond acceptors (Lipinski definition) is 4. The summed E-state index contributed by atoms with van der Waals surface area (Å²) in [7, 11) is -0.115. The number of hydrogen-bond donors (Lipinski definition) is 2. The Labute approximate surface area is 109 Å². The summed E-state index contributed by atoms with van der Waals surface area (Å²) in [5.41, 5.74) is 7.23. The fourth-order valence-corrected chi connectivity index (χ4v) is 2.40. The van der Waals surface area contributed by atoms with Crippen LogP contribution in [0.2, 0.25) is 0 Å². The molecule has 5 nitrogen and oxygen atoms in total. The summed E-state index contributed by atoms with van der Waals surface area (Å²) in [6.07, 6.45) is 2.12. The van der Waals surface area contributed by atoms with Crippen molar-refractivity contribution in [2.24, 2.45) is 0 Å². The third-order valence-corrected chi connectivity index (χ3v) is 4.25. The number of nitrogens with two attached hydrogens (primary N) is 1. The molecule has 0 bridgehead atoms. The van der Waals surface area contributed by atoms with Gasteiger partial charge in [-0.1, -0.05) is 13.3 Å². The van der Waals surface area contributed by atoms with E-state index in [4.69, 9.17) is 5.73 Å². The first-order valence-electron chi connectivity index (χ1n) is 5.96. The van der Waals surface area contributed by atoms with Crippen LogP contribution in [0.25, 0.3) is 0 Å². The number of benzene rings is 1. The van der Waals surface area contributed by atoms with Crippen LogP contribution in [0, 0.1) is 0 Å². The number of nitrogens with zero attached hydrogens (tertiary/aromatic N) is 1. The molecule has 0 saturated carbocycles. The average Bonchev–Trinajstić information content (AvgIpc) is 2.36. The summed E-state index contributed by atoms with van der Waals surface area (Å²) in [4.78, 5) is 2.21. The van der Waals surface area contributed by atoms with Gasteiger partial charge in [-0.25, -0.2) is 13.1 Å². The first-order chi connectivity index (χ1) is 8.42. The van der Waals surface area contributed by atoms with E-state index in [2.05, 4.69) is 11.6 Å². The Kier molecular flexibility index (Phi) is 4.98. The molecule has 0 amide bonds. The van der Waals surface area contributed by atoms with E-state index in [-0.39, 0.29) is 4.90 Å². The summed E-state index contributed by atoms with van der Waals surface area (Å²) in [6, 6.07) is 4.75. The Hall–Kier alpha value is -1.27. The molecule has 0 unspecified atom stereocenters. The second-order valence-electron chi connectivity index (χ2n) is 4.20. The Morgan fingerprint density at radius 2 is 2.06 bits per heavy atom. The van der Waals surface area contributed by atoms with E-state index in [1.165, 1.54) is 13.1 Å². The van der Waals surface area contributed by atoms with Crippen molar-refractivity contribution in [3.05, 3.63) is 18.2 Å². The Morgan fingerprint density at radius 1 is 1.39 bits per heavy atom. The topological polar surface area (TPSA) is 75.4 Å². The molecule has 0 radical (unpaired) electrons. The molecule has 0 heterocycles. The lowest BCUT2D eigenvalue weighted by Crippen LogP contribution is -2.22. The lowest BCUT2D eigenvalue weighted by Gasteiger charge is -2.21. The van der Waals surface area contributed by atoms with Crippen LogP contribution in [-0.4, -0.2) is 29.1 Å². The molecule has 3 N–H and O–H groups in total. The van der Waals surface area contributed by atoms with E-state index in [1.54, 1.807) is 12.1 Å². The Morgan fingerprint density at radius 3 is 2.61 bits per heavy atom. The molecular weight excluding hydrogens is 250 g/mol. The summed E-state index contributed by atoms with van der Waals surface area (Å²) in [5, 5.41) is 0. The Balaban J connectivity index is 3.09. The Bertz CT molecular complexity index is 500. The zero-order valence-corrected chi connectivity index (χ0v) is 11.9. The number of nitrogen functional groups attached to an aromatic ring is 1. The number of nitrogens with one attached hydrogen (secondary N) is 1. The average molecular weight is 271 g/mol. The van der Waals surface area contributed by atoms with Gasteiger partial charge in [0, 0.05) is 13.6 Å². The molecule has 0 aliphatic rings. The van der Waals surface area contributed by atoms with E-state index < -0.39 is 10.0 Å². The van der Waals surface area contributed by atoms with Gasteiger partial charge in [0.15, 0.2) is 0 Å². The summed E-state index contributed by atoms with van der Waals surface area (Å²) in [5.74, 6) is 0. The molecule has 1 aromatic rings. The molecule has 6 heteroatoms. The predicted octanol–water partition coefficient (Wildman–Crippen LogP) is 1.41. The van der Waals surface area contributed by atoms with Gasteiger partial charge in [-0.05, 0) is 31.7 Å². The van der Waals surface area contributed by atoms with Gasteiger partial charge in [-0.2, -0.15) is 0 Å². The van der Waals surface area contributed by atoms with Crippen LogP contribution >= 0.6 is 0 Å². The van der Waals surface area contributed by atoms with Gasteiger partial charge in [0.25, 0.3) is 0 Å². The van der Waals surface area contributed by atoms with E-state index in [1.807, 2.05) is 11.9 Å². The fraction of sp³-hybridized carbons (Fsp3) is 0.500. The SMILES string of the molecule is CCCCN(C)c1cc(S(=O)(=O)NC)ccc1N. The predicted molar refractivity (Wildman–Crippen MR) is 75.3 cm³/mol. The minimum absolute atomic E-state index is 0.234.